The largest absolute Gasteiger partial charge is 0.451 e. The summed E-state index contributed by atoms with van der Waals surface area (Å²) in [5.41, 5.74) is 0.903. The lowest BCUT2D eigenvalue weighted by Crippen LogP contribution is -2.41. The maximum absolute atomic E-state index is 11.8. The van der Waals surface area contributed by atoms with E-state index >= 15 is 0 Å². The lowest BCUT2D eigenvalue weighted by molar-refractivity contribution is -0.123. The minimum absolute atomic E-state index is 0.289. The number of carbonyl (C=O) groups is 3. The summed E-state index contributed by atoms with van der Waals surface area (Å²) in [5.74, 6) is -1.34. The number of ether oxygens (including phenoxy) is 1. The minimum Gasteiger partial charge on any atom is -0.451 e. The number of esters is 1. The summed E-state index contributed by atoms with van der Waals surface area (Å²) in [6.07, 6.45) is 0. The van der Waals surface area contributed by atoms with Crippen molar-refractivity contribution in [3.63, 3.8) is 0 Å². The maximum atomic E-state index is 11.8. The molecule has 0 saturated heterocycles. The lowest BCUT2D eigenvalue weighted by Gasteiger charge is -2.07. The molecule has 1 heterocycles. The molecule has 0 aliphatic heterocycles. The van der Waals surface area contributed by atoms with Crippen LogP contribution in [0.3, 0.4) is 0 Å². The molecule has 24 heavy (non-hydrogen) atoms. The van der Waals surface area contributed by atoms with Crippen LogP contribution in [-0.4, -0.2) is 24.5 Å². The van der Waals surface area contributed by atoms with Crippen LogP contribution in [0, 0.1) is 0 Å². The standard InChI is InChI=1S/C15H12Br2N2O4S/c16-10-6-11(24-13(10)17)14(21)23-8-12(20)19-15(22)18-7-9-4-2-1-3-5-9/h1-6H,7-8H2,(H2,18,19,20,22). The zero-order chi connectivity index (χ0) is 17.5. The molecule has 0 atom stereocenters. The predicted octanol–water partition coefficient (Wildman–Crippen LogP) is 3.46. The lowest BCUT2D eigenvalue weighted by atomic mass is 10.2. The fourth-order valence-electron chi connectivity index (χ4n) is 1.63. The average molecular weight is 476 g/mol. The van der Waals surface area contributed by atoms with Crippen LogP contribution in [0.2, 0.25) is 0 Å². The number of nitrogens with one attached hydrogen (secondary N) is 2. The van der Waals surface area contributed by atoms with Gasteiger partial charge in [-0.05, 0) is 43.5 Å². The van der Waals surface area contributed by atoms with E-state index in [0.29, 0.717) is 4.88 Å². The number of amides is 3. The Kier molecular flexibility index (Phi) is 6.95. The zero-order valence-electron chi connectivity index (χ0n) is 12.2. The van der Waals surface area contributed by atoms with Gasteiger partial charge >= 0.3 is 12.0 Å². The Morgan fingerprint density at radius 1 is 1.12 bits per heavy atom. The summed E-state index contributed by atoms with van der Waals surface area (Å²) >= 11 is 7.70. The van der Waals surface area contributed by atoms with Gasteiger partial charge in [0, 0.05) is 11.0 Å². The first-order valence-electron chi connectivity index (χ1n) is 6.69. The van der Waals surface area contributed by atoms with E-state index in [1.807, 2.05) is 30.3 Å². The molecule has 1 aromatic heterocycles. The molecule has 0 fully saturated rings. The molecule has 0 radical (unpaired) electrons. The number of carbonyl (C=O) groups excluding carboxylic acids is 3. The van der Waals surface area contributed by atoms with Crippen molar-refractivity contribution in [3.8, 4) is 0 Å². The maximum Gasteiger partial charge on any atom is 0.348 e. The fraction of sp³-hybridized carbons (Fsp3) is 0.133. The van der Waals surface area contributed by atoms with Crippen molar-refractivity contribution < 1.29 is 19.1 Å². The van der Waals surface area contributed by atoms with Crippen LogP contribution in [0.25, 0.3) is 0 Å². The van der Waals surface area contributed by atoms with Crippen LogP contribution in [0.5, 0.6) is 0 Å². The van der Waals surface area contributed by atoms with Gasteiger partial charge in [-0.25, -0.2) is 9.59 Å². The van der Waals surface area contributed by atoms with E-state index in [1.54, 1.807) is 6.07 Å². The molecule has 1 aromatic carbocycles. The SMILES string of the molecule is O=C(COC(=O)c1cc(Br)c(Br)s1)NC(=O)NCc1ccccc1. The first-order valence-corrected chi connectivity index (χ1v) is 9.09. The Labute approximate surface area is 158 Å². The number of imide groups is 1. The van der Waals surface area contributed by atoms with Gasteiger partial charge in [0.2, 0.25) is 0 Å². The Hall–Kier alpha value is -1.71. The van der Waals surface area contributed by atoms with Crippen LogP contribution >= 0.6 is 43.2 Å². The van der Waals surface area contributed by atoms with Crippen LogP contribution in [0.1, 0.15) is 15.2 Å². The topological polar surface area (TPSA) is 84.5 Å². The van der Waals surface area contributed by atoms with Gasteiger partial charge in [-0.15, -0.1) is 11.3 Å². The number of thiophene rings is 1. The highest BCUT2D eigenvalue weighted by molar-refractivity contribution is 9.13. The first kappa shape index (κ1) is 18.6. The highest BCUT2D eigenvalue weighted by Crippen LogP contribution is 2.32. The molecule has 2 N–H and O–H groups in total. The smallest absolute Gasteiger partial charge is 0.348 e. The van der Waals surface area contributed by atoms with Crippen molar-refractivity contribution in [2.75, 3.05) is 6.61 Å². The fourth-order valence-corrected chi connectivity index (χ4v) is 3.56. The third-order valence-corrected chi connectivity index (χ3v) is 5.97. The summed E-state index contributed by atoms with van der Waals surface area (Å²) in [6.45, 7) is -0.248. The molecule has 126 valence electrons. The van der Waals surface area contributed by atoms with Gasteiger partial charge in [-0.3, -0.25) is 10.1 Å². The summed E-state index contributed by atoms with van der Waals surface area (Å²) in [4.78, 5) is 35.3. The molecule has 2 aromatic rings. The normalized spacial score (nSPS) is 10.1. The van der Waals surface area contributed by atoms with E-state index in [0.717, 1.165) is 13.8 Å². The quantitative estimate of drug-likeness (QED) is 0.648. The van der Waals surface area contributed by atoms with Gasteiger partial charge < -0.3 is 10.1 Å². The van der Waals surface area contributed by atoms with E-state index < -0.39 is 24.5 Å². The predicted molar refractivity (Wildman–Crippen MR) is 96.8 cm³/mol. The van der Waals surface area contributed by atoms with E-state index in [2.05, 4.69) is 42.5 Å². The molecule has 0 bridgehead atoms. The molecule has 0 spiro atoms. The highest BCUT2D eigenvalue weighted by atomic mass is 79.9. The van der Waals surface area contributed by atoms with Crippen LogP contribution in [0.15, 0.2) is 44.7 Å². The number of rotatable bonds is 5. The van der Waals surface area contributed by atoms with Gasteiger partial charge in [-0.2, -0.15) is 0 Å². The second-order valence-electron chi connectivity index (χ2n) is 4.52. The van der Waals surface area contributed by atoms with Gasteiger partial charge in [0.1, 0.15) is 4.88 Å². The van der Waals surface area contributed by atoms with Gasteiger partial charge in [0.05, 0.1) is 3.79 Å². The zero-order valence-corrected chi connectivity index (χ0v) is 16.2. The number of hydrogen-bond acceptors (Lipinski definition) is 5. The van der Waals surface area contributed by atoms with Crippen molar-refractivity contribution in [1.29, 1.82) is 0 Å². The summed E-state index contributed by atoms with van der Waals surface area (Å²) in [5, 5.41) is 4.63. The highest BCUT2D eigenvalue weighted by Gasteiger charge is 2.16. The molecular weight excluding hydrogens is 464 g/mol. The van der Waals surface area contributed by atoms with Gasteiger partial charge in [-0.1, -0.05) is 30.3 Å². The van der Waals surface area contributed by atoms with Crippen molar-refractivity contribution in [2.24, 2.45) is 0 Å². The molecule has 0 unspecified atom stereocenters. The molecular formula is C15H12Br2N2O4S. The van der Waals surface area contributed by atoms with Crippen LogP contribution in [0.4, 0.5) is 4.79 Å². The van der Waals surface area contributed by atoms with Gasteiger partial charge in [0.15, 0.2) is 6.61 Å². The number of halogens is 2. The molecule has 0 aliphatic rings. The Morgan fingerprint density at radius 2 is 1.83 bits per heavy atom. The minimum atomic E-state index is -0.705. The van der Waals surface area contributed by atoms with E-state index in [4.69, 9.17) is 4.74 Å². The van der Waals surface area contributed by atoms with Crippen molar-refractivity contribution >= 4 is 61.1 Å². The molecule has 6 nitrogen and oxygen atoms in total. The molecule has 9 heteroatoms. The van der Waals surface area contributed by atoms with Crippen molar-refractivity contribution in [3.05, 3.63) is 55.1 Å². The Balaban J connectivity index is 1.72. The Bertz CT molecular complexity index is 730. The summed E-state index contributed by atoms with van der Waals surface area (Å²) < 4.78 is 6.33. The van der Waals surface area contributed by atoms with Gasteiger partial charge in [0.25, 0.3) is 5.91 Å². The molecule has 3 amide bonds. The molecule has 2 rings (SSSR count). The van der Waals surface area contributed by atoms with E-state index in [9.17, 15) is 14.4 Å². The number of hydrogen-bond donors (Lipinski definition) is 2. The molecule has 0 aliphatic carbocycles. The Morgan fingerprint density at radius 3 is 2.46 bits per heavy atom. The third-order valence-electron chi connectivity index (χ3n) is 2.73. The second kappa shape index (κ2) is 8.95. The first-order chi connectivity index (χ1) is 11.5. The van der Waals surface area contributed by atoms with Crippen molar-refractivity contribution in [1.82, 2.24) is 10.6 Å². The molecule has 0 saturated carbocycles. The summed E-state index contributed by atoms with van der Waals surface area (Å²) in [7, 11) is 0. The average Bonchev–Trinajstić information content (AvgIpc) is 2.91. The third kappa shape index (κ3) is 5.73. The van der Waals surface area contributed by atoms with E-state index in [-0.39, 0.29) is 6.54 Å². The monoisotopic (exact) mass is 474 g/mol. The number of benzene rings is 1. The van der Waals surface area contributed by atoms with E-state index in [1.165, 1.54) is 11.3 Å². The number of urea groups is 1. The summed E-state index contributed by atoms with van der Waals surface area (Å²) in [6, 6.07) is 10.2. The van der Waals surface area contributed by atoms with Crippen molar-refractivity contribution in [2.45, 2.75) is 6.54 Å². The van der Waals surface area contributed by atoms with Crippen LogP contribution < -0.4 is 10.6 Å². The second-order valence-corrected chi connectivity index (χ2v) is 7.75. The van der Waals surface area contributed by atoms with Crippen LogP contribution in [-0.2, 0) is 16.1 Å².